The van der Waals surface area contributed by atoms with Gasteiger partial charge < -0.3 is 9.64 Å². The molecule has 1 aliphatic rings. The molecule has 0 radical (unpaired) electrons. The van der Waals surface area contributed by atoms with Crippen molar-refractivity contribution in [2.75, 3.05) is 13.6 Å². The first-order valence-corrected chi connectivity index (χ1v) is 6.74. The molecule has 0 saturated heterocycles. The van der Waals surface area contributed by atoms with Crippen LogP contribution in [0.2, 0.25) is 0 Å². The maximum Gasteiger partial charge on any atom is 0.340 e. The lowest BCUT2D eigenvalue weighted by Crippen LogP contribution is -2.37. The van der Waals surface area contributed by atoms with Gasteiger partial charge in [-0.3, -0.25) is 9.78 Å². The molecule has 0 aliphatic carbocycles. The van der Waals surface area contributed by atoms with Crippen LogP contribution < -0.4 is 10.4 Å². The molecule has 1 amide bonds. The Kier molecular flexibility index (Phi) is 3.47. The van der Waals surface area contributed by atoms with Crippen molar-refractivity contribution in [1.29, 1.82) is 0 Å². The lowest BCUT2D eigenvalue weighted by Gasteiger charge is -2.20. The van der Waals surface area contributed by atoms with Crippen LogP contribution in [0.3, 0.4) is 0 Å². The summed E-state index contributed by atoms with van der Waals surface area (Å²) in [5.41, 5.74) is 0.759. The molecule has 0 fully saturated rings. The van der Waals surface area contributed by atoms with Crippen LogP contribution in [0.15, 0.2) is 29.1 Å². The molecule has 2 N–H and O–H groups in total. The maximum absolute atomic E-state index is 12.1. The predicted molar refractivity (Wildman–Crippen MR) is 75.1 cm³/mol. The number of nitrogens with zero attached hydrogens (tertiary/aromatic N) is 2. The first-order valence-electron chi connectivity index (χ1n) is 6.74. The second-order valence-corrected chi connectivity index (χ2v) is 5.13. The third-order valence-corrected chi connectivity index (χ3v) is 3.49. The summed E-state index contributed by atoms with van der Waals surface area (Å²) in [7, 11) is 1.72. The highest BCUT2D eigenvalue weighted by molar-refractivity contribution is 5.77. The highest BCUT2D eigenvalue weighted by Crippen LogP contribution is 2.28. The molecular formula is C14H16N4O3. The molecule has 1 aromatic heterocycles. The van der Waals surface area contributed by atoms with Crippen molar-refractivity contribution in [2.24, 2.45) is 0 Å². The molecule has 0 saturated carbocycles. The van der Waals surface area contributed by atoms with Crippen molar-refractivity contribution < 1.29 is 9.53 Å². The molecule has 1 unspecified atom stereocenters. The second-order valence-electron chi connectivity index (χ2n) is 5.13. The Bertz CT molecular complexity index is 681. The predicted octanol–water partition coefficient (Wildman–Crippen LogP) is 0.103. The first kappa shape index (κ1) is 13.4. The Labute approximate surface area is 120 Å². The molecule has 0 spiro atoms. The summed E-state index contributed by atoms with van der Waals surface area (Å²) >= 11 is 0. The highest BCUT2D eigenvalue weighted by atomic mass is 16.5. The number of carbonyl (C=O) groups excluding carboxylic acids is 1. The monoisotopic (exact) mass is 288 g/mol. The summed E-state index contributed by atoms with van der Waals surface area (Å²) in [6.45, 7) is 0.502. The topological polar surface area (TPSA) is 91.1 Å². The van der Waals surface area contributed by atoms with Gasteiger partial charge in [0.15, 0.2) is 0 Å². The summed E-state index contributed by atoms with van der Waals surface area (Å²) in [6.07, 6.45) is 0.830. The zero-order chi connectivity index (χ0) is 14.8. The molecule has 2 aromatic rings. The molecule has 1 aromatic carbocycles. The van der Waals surface area contributed by atoms with Crippen LogP contribution in [0.5, 0.6) is 5.75 Å². The fraction of sp³-hybridized carbons (Fsp3) is 0.357. The van der Waals surface area contributed by atoms with Gasteiger partial charge in [0, 0.05) is 13.5 Å². The first-order chi connectivity index (χ1) is 10.1. The molecule has 7 nitrogen and oxygen atoms in total. The molecule has 7 heteroatoms. The van der Waals surface area contributed by atoms with Crippen LogP contribution in [0.4, 0.5) is 0 Å². The van der Waals surface area contributed by atoms with Crippen molar-refractivity contribution in [1.82, 2.24) is 20.1 Å². The number of ether oxygens (including phenoxy) is 1. The minimum Gasteiger partial charge on any atom is -0.488 e. The Balaban J connectivity index is 1.56. The number of para-hydroxylation sites is 1. The average molecular weight is 288 g/mol. The molecule has 1 aliphatic heterocycles. The minimum absolute atomic E-state index is 0.0328. The van der Waals surface area contributed by atoms with Gasteiger partial charge in [-0.15, -0.1) is 0 Å². The number of hydrogen-bond donors (Lipinski definition) is 2. The molecule has 3 rings (SSSR count). The average Bonchev–Trinajstić information content (AvgIpc) is 3.04. The lowest BCUT2D eigenvalue weighted by atomic mass is 10.1. The van der Waals surface area contributed by atoms with Crippen molar-refractivity contribution in [2.45, 2.75) is 18.9 Å². The number of rotatable bonds is 4. The van der Waals surface area contributed by atoms with E-state index in [9.17, 15) is 9.59 Å². The van der Waals surface area contributed by atoms with Gasteiger partial charge in [-0.2, -0.15) is 5.10 Å². The second kappa shape index (κ2) is 5.43. The molecule has 21 heavy (non-hydrogen) atoms. The fourth-order valence-corrected chi connectivity index (χ4v) is 2.43. The van der Waals surface area contributed by atoms with E-state index in [1.807, 2.05) is 24.3 Å². The van der Waals surface area contributed by atoms with Crippen LogP contribution in [0, 0.1) is 0 Å². The van der Waals surface area contributed by atoms with Crippen LogP contribution >= 0.6 is 0 Å². The van der Waals surface area contributed by atoms with E-state index in [0.29, 0.717) is 12.4 Å². The van der Waals surface area contributed by atoms with Crippen molar-refractivity contribution in [3.63, 3.8) is 0 Å². The quantitative estimate of drug-likeness (QED) is 0.835. The summed E-state index contributed by atoms with van der Waals surface area (Å²) in [5.74, 6) is 1.12. The van der Waals surface area contributed by atoms with Crippen molar-refractivity contribution in [3.05, 3.63) is 46.1 Å². The Hall–Kier alpha value is -2.57. The number of likely N-dealkylation sites (N-methyl/N-ethyl adjacent to an activating group) is 1. The summed E-state index contributed by atoms with van der Waals surface area (Å²) < 4.78 is 5.81. The third kappa shape index (κ3) is 2.96. The molecule has 1 atom stereocenters. The van der Waals surface area contributed by atoms with Gasteiger partial charge in [0.05, 0.1) is 13.0 Å². The third-order valence-electron chi connectivity index (χ3n) is 3.49. The van der Waals surface area contributed by atoms with Crippen LogP contribution in [0.1, 0.15) is 11.4 Å². The van der Waals surface area contributed by atoms with Gasteiger partial charge in [-0.05, 0) is 11.6 Å². The van der Waals surface area contributed by atoms with E-state index < -0.39 is 5.69 Å². The normalized spacial score (nSPS) is 16.3. The zero-order valence-electron chi connectivity index (χ0n) is 11.6. The van der Waals surface area contributed by atoms with E-state index in [1.54, 1.807) is 11.9 Å². The number of aromatic amines is 2. The number of amides is 1. The smallest absolute Gasteiger partial charge is 0.340 e. The van der Waals surface area contributed by atoms with Crippen molar-refractivity contribution >= 4 is 5.91 Å². The largest absolute Gasteiger partial charge is 0.488 e. The van der Waals surface area contributed by atoms with Gasteiger partial charge in [-0.25, -0.2) is 9.89 Å². The standard InChI is InChI=1S/C14H16N4O3/c1-18(13(19)7-12-15-14(20)17-16-12)8-10-6-9-4-2-3-5-11(9)21-10/h2-5,10H,6-8H2,1H3,(H2,15,16,17,20). The molecular weight excluding hydrogens is 272 g/mol. The van der Waals surface area contributed by atoms with E-state index in [2.05, 4.69) is 15.2 Å². The highest BCUT2D eigenvalue weighted by Gasteiger charge is 2.25. The number of carbonyl (C=O) groups is 1. The number of benzene rings is 1. The number of nitrogens with one attached hydrogen (secondary N) is 2. The van der Waals surface area contributed by atoms with E-state index in [4.69, 9.17) is 4.74 Å². The Morgan fingerprint density at radius 3 is 3.00 bits per heavy atom. The van der Waals surface area contributed by atoms with Gasteiger partial charge in [0.2, 0.25) is 5.91 Å². The summed E-state index contributed by atoms with van der Waals surface area (Å²) in [6, 6.07) is 7.88. The van der Waals surface area contributed by atoms with E-state index in [-0.39, 0.29) is 18.4 Å². The molecule has 2 heterocycles. The SMILES string of the molecule is CN(CC1Cc2ccccc2O1)C(=O)Cc1n[nH]c(=O)[nH]1. The van der Waals surface area contributed by atoms with E-state index >= 15 is 0 Å². The van der Waals surface area contributed by atoms with Gasteiger partial charge in [0.25, 0.3) is 0 Å². The minimum atomic E-state index is -0.407. The number of H-pyrrole nitrogens is 2. The van der Waals surface area contributed by atoms with Crippen LogP contribution in [-0.2, 0) is 17.6 Å². The zero-order valence-corrected chi connectivity index (χ0v) is 11.6. The van der Waals surface area contributed by atoms with Crippen molar-refractivity contribution in [3.8, 4) is 5.75 Å². The molecule has 0 bridgehead atoms. The maximum atomic E-state index is 12.1. The number of fused-ring (bicyclic) bond motifs is 1. The fourth-order valence-electron chi connectivity index (χ4n) is 2.43. The van der Waals surface area contributed by atoms with E-state index in [0.717, 1.165) is 12.2 Å². The van der Waals surface area contributed by atoms with Crippen LogP contribution in [0.25, 0.3) is 0 Å². The van der Waals surface area contributed by atoms with E-state index in [1.165, 1.54) is 5.56 Å². The summed E-state index contributed by atoms with van der Waals surface area (Å²) in [5, 5.41) is 5.97. The van der Waals surface area contributed by atoms with Gasteiger partial charge >= 0.3 is 5.69 Å². The Morgan fingerprint density at radius 2 is 2.29 bits per heavy atom. The van der Waals surface area contributed by atoms with Gasteiger partial charge in [-0.1, -0.05) is 18.2 Å². The van der Waals surface area contributed by atoms with Gasteiger partial charge in [0.1, 0.15) is 17.7 Å². The Morgan fingerprint density at radius 1 is 1.48 bits per heavy atom. The summed E-state index contributed by atoms with van der Waals surface area (Å²) in [4.78, 5) is 27.1. The molecule has 110 valence electrons. The lowest BCUT2D eigenvalue weighted by molar-refractivity contribution is -0.130. The number of aromatic nitrogens is 3. The van der Waals surface area contributed by atoms with Crippen LogP contribution in [-0.4, -0.2) is 45.7 Å². The number of hydrogen-bond acceptors (Lipinski definition) is 4.